The van der Waals surface area contributed by atoms with E-state index < -0.39 is 5.54 Å². The van der Waals surface area contributed by atoms with Gasteiger partial charge < -0.3 is 5.32 Å². The van der Waals surface area contributed by atoms with E-state index in [0.29, 0.717) is 11.1 Å². The largest absolute Gasteiger partial charge is 0.343 e. The molecule has 1 amide bonds. The summed E-state index contributed by atoms with van der Waals surface area (Å²) in [4.78, 5) is 19.6. The van der Waals surface area contributed by atoms with Crippen molar-refractivity contribution in [3.63, 3.8) is 0 Å². The standard InChI is InChI=1S/C14H14FN3O/c1-14(2,11-5-3-4-6-12(11)15)18-13(19)10-7-16-9-17-8-10/h3-9H,1-2H3,(H,18,19). The van der Waals surface area contributed by atoms with Crippen molar-refractivity contribution >= 4 is 5.91 Å². The number of nitrogens with one attached hydrogen (secondary N) is 1. The van der Waals surface area contributed by atoms with E-state index in [1.165, 1.54) is 24.8 Å². The van der Waals surface area contributed by atoms with Gasteiger partial charge in [-0.2, -0.15) is 0 Å². The topological polar surface area (TPSA) is 54.9 Å². The van der Waals surface area contributed by atoms with Crippen LogP contribution < -0.4 is 5.32 Å². The fourth-order valence-electron chi connectivity index (χ4n) is 1.81. The first kappa shape index (κ1) is 13.1. The second-order valence-electron chi connectivity index (χ2n) is 4.69. The van der Waals surface area contributed by atoms with Crippen molar-refractivity contribution < 1.29 is 9.18 Å². The highest BCUT2D eigenvalue weighted by Gasteiger charge is 2.26. The van der Waals surface area contributed by atoms with E-state index in [1.807, 2.05) is 0 Å². The van der Waals surface area contributed by atoms with Crippen molar-refractivity contribution in [2.24, 2.45) is 0 Å². The predicted molar refractivity (Wildman–Crippen MR) is 68.9 cm³/mol. The van der Waals surface area contributed by atoms with Crippen LogP contribution in [0.2, 0.25) is 0 Å². The summed E-state index contributed by atoms with van der Waals surface area (Å²) in [6.07, 6.45) is 4.18. The van der Waals surface area contributed by atoms with E-state index in [9.17, 15) is 9.18 Å². The molecule has 0 saturated heterocycles. The van der Waals surface area contributed by atoms with Gasteiger partial charge in [-0.05, 0) is 19.9 Å². The predicted octanol–water partition coefficient (Wildman–Crippen LogP) is 2.28. The fourth-order valence-corrected chi connectivity index (χ4v) is 1.81. The molecule has 98 valence electrons. The highest BCUT2D eigenvalue weighted by molar-refractivity contribution is 5.94. The lowest BCUT2D eigenvalue weighted by molar-refractivity contribution is 0.0910. The normalized spacial score (nSPS) is 11.1. The van der Waals surface area contributed by atoms with Crippen molar-refractivity contribution in [3.8, 4) is 0 Å². The van der Waals surface area contributed by atoms with Crippen molar-refractivity contribution in [3.05, 3.63) is 59.9 Å². The van der Waals surface area contributed by atoms with Crippen LogP contribution in [0.1, 0.15) is 29.8 Å². The zero-order valence-corrected chi connectivity index (χ0v) is 10.7. The number of carbonyl (C=O) groups excluding carboxylic acids is 1. The van der Waals surface area contributed by atoms with Gasteiger partial charge in [-0.15, -0.1) is 0 Å². The molecule has 0 aliphatic rings. The van der Waals surface area contributed by atoms with Gasteiger partial charge >= 0.3 is 0 Å². The van der Waals surface area contributed by atoms with Crippen LogP contribution in [0.15, 0.2) is 43.0 Å². The summed E-state index contributed by atoms with van der Waals surface area (Å²) in [5, 5.41) is 2.77. The Morgan fingerprint density at radius 2 is 1.84 bits per heavy atom. The smallest absolute Gasteiger partial charge is 0.255 e. The maximum Gasteiger partial charge on any atom is 0.255 e. The molecular weight excluding hydrogens is 245 g/mol. The third-order valence-electron chi connectivity index (χ3n) is 2.80. The molecule has 0 atom stereocenters. The number of amides is 1. The summed E-state index contributed by atoms with van der Waals surface area (Å²) in [6, 6.07) is 6.37. The first-order valence-corrected chi connectivity index (χ1v) is 5.83. The second kappa shape index (κ2) is 5.14. The Bertz CT molecular complexity index is 584. The Labute approximate surface area is 110 Å². The van der Waals surface area contributed by atoms with Gasteiger partial charge in [0.05, 0.1) is 11.1 Å². The van der Waals surface area contributed by atoms with Crippen LogP contribution in [0.3, 0.4) is 0 Å². The molecular formula is C14H14FN3O. The first-order valence-electron chi connectivity index (χ1n) is 5.83. The van der Waals surface area contributed by atoms with Crippen molar-refractivity contribution in [1.82, 2.24) is 15.3 Å². The van der Waals surface area contributed by atoms with Crippen LogP contribution in [0.5, 0.6) is 0 Å². The highest BCUT2D eigenvalue weighted by Crippen LogP contribution is 2.23. The van der Waals surface area contributed by atoms with Gasteiger partial charge in [0.15, 0.2) is 0 Å². The van der Waals surface area contributed by atoms with Crippen molar-refractivity contribution in [2.45, 2.75) is 19.4 Å². The fraction of sp³-hybridized carbons (Fsp3) is 0.214. The molecule has 4 nitrogen and oxygen atoms in total. The van der Waals surface area contributed by atoms with Gasteiger partial charge in [0.1, 0.15) is 12.1 Å². The van der Waals surface area contributed by atoms with E-state index in [0.717, 1.165) is 0 Å². The molecule has 1 aromatic carbocycles. The van der Waals surface area contributed by atoms with E-state index >= 15 is 0 Å². The monoisotopic (exact) mass is 259 g/mol. The molecule has 1 aromatic heterocycles. The molecule has 19 heavy (non-hydrogen) atoms. The maximum absolute atomic E-state index is 13.8. The third-order valence-corrected chi connectivity index (χ3v) is 2.80. The third kappa shape index (κ3) is 2.93. The summed E-state index contributed by atoms with van der Waals surface area (Å²) < 4.78 is 13.8. The van der Waals surface area contributed by atoms with E-state index in [2.05, 4.69) is 15.3 Å². The van der Waals surface area contributed by atoms with Crippen LogP contribution in [-0.2, 0) is 5.54 Å². The molecule has 2 rings (SSSR count). The molecule has 5 heteroatoms. The average molecular weight is 259 g/mol. The van der Waals surface area contributed by atoms with Crippen LogP contribution in [0.4, 0.5) is 4.39 Å². The lowest BCUT2D eigenvalue weighted by atomic mass is 9.93. The Hall–Kier alpha value is -2.30. The lowest BCUT2D eigenvalue weighted by Gasteiger charge is -2.27. The number of hydrogen-bond donors (Lipinski definition) is 1. The van der Waals surface area contributed by atoms with Gasteiger partial charge in [-0.1, -0.05) is 18.2 Å². The van der Waals surface area contributed by atoms with Crippen molar-refractivity contribution in [2.75, 3.05) is 0 Å². The summed E-state index contributed by atoms with van der Waals surface area (Å²) in [6.45, 7) is 3.49. The SMILES string of the molecule is CC(C)(NC(=O)c1cncnc1)c1ccccc1F. The zero-order valence-electron chi connectivity index (χ0n) is 10.7. The van der Waals surface area contributed by atoms with Gasteiger partial charge in [-0.25, -0.2) is 14.4 Å². The summed E-state index contributed by atoms with van der Waals surface area (Å²) in [5.41, 5.74) is -0.0507. The maximum atomic E-state index is 13.8. The Balaban J connectivity index is 2.23. The van der Waals surface area contributed by atoms with Crippen molar-refractivity contribution in [1.29, 1.82) is 0 Å². The summed E-state index contributed by atoms with van der Waals surface area (Å²) >= 11 is 0. The first-order chi connectivity index (χ1) is 9.00. The molecule has 0 spiro atoms. The summed E-state index contributed by atoms with van der Waals surface area (Å²) in [5.74, 6) is -0.689. The minimum Gasteiger partial charge on any atom is -0.343 e. The van der Waals surface area contributed by atoms with Gasteiger partial charge in [-0.3, -0.25) is 4.79 Å². The number of hydrogen-bond acceptors (Lipinski definition) is 3. The molecule has 0 saturated carbocycles. The van der Waals surface area contributed by atoms with E-state index in [1.54, 1.807) is 32.0 Å². The number of halogens is 1. The van der Waals surface area contributed by atoms with Gasteiger partial charge in [0.2, 0.25) is 0 Å². The Morgan fingerprint density at radius 1 is 1.21 bits per heavy atom. The van der Waals surface area contributed by atoms with Crippen LogP contribution in [0.25, 0.3) is 0 Å². The van der Waals surface area contributed by atoms with E-state index in [-0.39, 0.29) is 11.7 Å². The molecule has 0 bridgehead atoms. The molecule has 1 N–H and O–H groups in total. The number of carbonyl (C=O) groups is 1. The molecule has 0 radical (unpaired) electrons. The second-order valence-corrected chi connectivity index (χ2v) is 4.69. The van der Waals surface area contributed by atoms with Crippen LogP contribution in [0, 0.1) is 5.82 Å². The van der Waals surface area contributed by atoms with E-state index in [4.69, 9.17) is 0 Å². The number of nitrogens with zero attached hydrogens (tertiary/aromatic N) is 2. The minimum atomic E-state index is -0.821. The summed E-state index contributed by atoms with van der Waals surface area (Å²) in [7, 11) is 0. The highest BCUT2D eigenvalue weighted by atomic mass is 19.1. The number of rotatable bonds is 3. The number of aromatic nitrogens is 2. The average Bonchev–Trinajstić information content (AvgIpc) is 2.39. The Kier molecular flexibility index (Phi) is 3.55. The lowest BCUT2D eigenvalue weighted by Crippen LogP contribution is -2.41. The van der Waals surface area contributed by atoms with Crippen LogP contribution in [-0.4, -0.2) is 15.9 Å². The number of benzene rings is 1. The van der Waals surface area contributed by atoms with Gasteiger partial charge in [0.25, 0.3) is 5.91 Å². The Morgan fingerprint density at radius 3 is 2.47 bits per heavy atom. The molecule has 0 aliphatic heterocycles. The molecule has 0 unspecified atom stereocenters. The minimum absolute atomic E-state index is 0.339. The molecule has 1 heterocycles. The quantitative estimate of drug-likeness (QED) is 0.920. The molecule has 0 aliphatic carbocycles. The van der Waals surface area contributed by atoms with Gasteiger partial charge in [0, 0.05) is 18.0 Å². The van der Waals surface area contributed by atoms with Crippen LogP contribution >= 0.6 is 0 Å². The molecule has 0 fully saturated rings. The zero-order chi connectivity index (χ0) is 13.9. The molecule has 2 aromatic rings.